The SMILES string of the molecule is CCOC(=O)CN=C1CCCC(NS(=O)(=O)c2cnc(Oc3ccc(C(F)(F)F)cc3)c(Br)c2)C1CN. The third-order valence-corrected chi connectivity index (χ3v) is 7.65. The molecule has 1 heterocycles. The minimum absolute atomic E-state index is 0.0235. The van der Waals surface area contributed by atoms with Crippen molar-refractivity contribution >= 4 is 37.6 Å². The second kappa shape index (κ2) is 12.3. The quantitative estimate of drug-likeness (QED) is 0.411. The molecule has 0 radical (unpaired) electrons. The molecular formula is C23H26BrF3N4O5S. The molecule has 0 amide bonds. The van der Waals surface area contributed by atoms with E-state index in [1.165, 1.54) is 6.07 Å². The molecule has 0 aliphatic heterocycles. The van der Waals surface area contributed by atoms with Gasteiger partial charge in [-0.05, 0) is 72.4 Å². The van der Waals surface area contributed by atoms with Crippen LogP contribution in [0.25, 0.3) is 0 Å². The second-order valence-electron chi connectivity index (χ2n) is 8.16. The van der Waals surface area contributed by atoms with Crippen LogP contribution in [-0.2, 0) is 25.7 Å². The lowest BCUT2D eigenvalue weighted by molar-refractivity contribution is -0.141. The summed E-state index contributed by atoms with van der Waals surface area (Å²) in [5, 5.41) is 0. The van der Waals surface area contributed by atoms with E-state index in [1.54, 1.807) is 6.92 Å². The van der Waals surface area contributed by atoms with Gasteiger partial charge in [-0.25, -0.2) is 18.1 Å². The smallest absolute Gasteiger partial charge is 0.416 e. The van der Waals surface area contributed by atoms with E-state index >= 15 is 0 Å². The van der Waals surface area contributed by atoms with E-state index in [4.69, 9.17) is 15.2 Å². The molecule has 3 N–H and O–H groups in total. The van der Waals surface area contributed by atoms with Gasteiger partial charge in [0, 0.05) is 24.2 Å². The summed E-state index contributed by atoms with van der Waals surface area (Å²) in [6.45, 7) is 1.91. The van der Waals surface area contributed by atoms with Crippen LogP contribution < -0.4 is 15.2 Å². The number of nitrogens with one attached hydrogen (secondary N) is 1. The second-order valence-corrected chi connectivity index (χ2v) is 10.7. The minimum atomic E-state index is -4.48. The van der Waals surface area contributed by atoms with Gasteiger partial charge in [0.1, 0.15) is 17.2 Å². The summed E-state index contributed by atoms with van der Waals surface area (Å²) in [4.78, 5) is 19.9. The molecular weight excluding hydrogens is 581 g/mol. The summed E-state index contributed by atoms with van der Waals surface area (Å²) >= 11 is 3.21. The first-order chi connectivity index (χ1) is 17.4. The van der Waals surface area contributed by atoms with Crippen LogP contribution in [0.3, 0.4) is 0 Å². The first-order valence-electron chi connectivity index (χ1n) is 11.4. The Labute approximate surface area is 220 Å². The fourth-order valence-electron chi connectivity index (χ4n) is 3.85. The van der Waals surface area contributed by atoms with Crippen LogP contribution in [0.5, 0.6) is 11.6 Å². The fraction of sp³-hybridized carbons (Fsp3) is 0.435. The van der Waals surface area contributed by atoms with Crippen molar-refractivity contribution in [1.29, 1.82) is 0 Å². The molecule has 1 aromatic heterocycles. The Kier molecular flexibility index (Phi) is 9.67. The highest BCUT2D eigenvalue weighted by molar-refractivity contribution is 9.10. The van der Waals surface area contributed by atoms with E-state index in [2.05, 4.69) is 30.6 Å². The average molecular weight is 607 g/mol. The maximum atomic E-state index is 13.1. The number of benzene rings is 1. The summed E-state index contributed by atoms with van der Waals surface area (Å²) in [5.41, 5.74) is 5.76. The van der Waals surface area contributed by atoms with Crippen LogP contribution in [0.2, 0.25) is 0 Å². The molecule has 9 nitrogen and oxygen atoms in total. The Morgan fingerprint density at radius 1 is 1.30 bits per heavy atom. The van der Waals surface area contributed by atoms with Gasteiger partial charge in [-0.15, -0.1) is 0 Å². The number of esters is 1. The molecule has 2 unspecified atom stereocenters. The number of nitrogens with zero attached hydrogens (tertiary/aromatic N) is 2. The maximum absolute atomic E-state index is 13.1. The lowest BCUT2D eigenvalue weighted by Crippen LogP contribution is -2.48. The summed E-state index contributed by atoms with van der Waals surface area (Å²) in [7, 11) is -4.03. The predicted molar refractivity (Wildman–Crippen MR) is 133 cm³/mol. The molecule has 14 heteroatoms. The summed E-state index contributed by atoms with van der Waals surface area (Å²) in [6, 6.07) is 4.76. The number of sulfonamides is 1. The molecule has 1 aliphatic rings. The highest BCUT2D eigenvalue weighted by Crippen LogP contribution is 2.33. The largest absolute Gasteiger partial charge is 0.465 e. The van der Waals surface area contributed by atoms with Crippen molar-refractivity contribution in [2.75, 3.05) is 19.7 Å². The molecule has 202 valence electrons. The number of carbonyl (C=O) groups is 1. The topological polar surface area (TPSA) is 133 Å². The first kappa shape index (κ1) is 29.0. The van der Waals surface area contributed by atoms with Gasteiger partial charge in [0.2, 0.25) is 15.9 Å². The van der Waals surface area contributed by atoms with E-state index in [0.717, 1.165) is 30.5 Å². The molecule has 3 rings (SSSR count). The molecule has 1 saturated carbocycles. The molecule has 37 heavy (non-hydrogen) atoms. The first-order valence-corrected chi connectivity index (χ1v) is 13.6. The van der Waals surface area contributed by atoms with Gasteiger partial charge in [-0.1, -0.05) is 0 Å². The summed E-state index contributed by atoms with van der Waals surface area (Å²) < 4.78 is 77.7. The minimum Gasteiger partial charge on any atom is -0.465 e. The van der Waals surface area contributed by atoms with Crippen LogP contribution in [-0.4, -0.2) is 50.8 Å². The number of ether oxygens (including phenoxy) is 2. The Hall–Kier alpha value is -2.55. The van der Waals surface area contributed by atoms with E-state index in [1.807, 2.05) is 0 Å². The predicted octanol–water partition coefficient (Wildman–Crippen LogP) is 4.07. The highest BCUT2D eigenvalue weighted by atomic mass is 79.9. The number of hydrogen-bond acceptors (Lipinski definition) is 8. The lowest BCUT2D eigenvalue weighted by Gasteiger charge is -2.32. The number of hydrogen-bond donors (Lipinski definition) is 2. The number of nitrogens with two attached hydrogens (primary N) is 1. The van der Waals surface area contributed by atoms with Crippen LogP contribution >= 0.6 is 15.9 Å². The van der Waals surface area contributed by atoms with Crippen molar-refractivity contribution in [3.05, 3.63) is 46.6 Å². The van der Waals surface area contributed by atoms with Gasteiger partial charge in [0.15, 0.2) is 0 Å². The van der Waals surface area contributed by atoms with E-state index < -0.39 is 39.7 Å². The summed E-state index contributed by atoms with van der Waals surface area (Å²) in [5.74, 6) is -0.790. The van der Waals surface area contributed by atoms with Gasteiger partial charge >= 0.3 is 12.1 Å². The number of rotatable bonds is 9. The van der Waals surface area contributed by atoms with Crippen molar-refractivity contribution in [2.24, 2.45) is 16.6 Å². The van der Waals surface area contributed by atoms with E-state index in [9.17, 15) is 26.4 Å². The zero-order valence-electron chi connectivity index (χ0n) is 19.8. The number of alkyl halides is 3. The Bertz CT molecular complexity index is 1240. The van der Waals surface area contributed by atoms with Crippen molar-refractivity contribution in [1.82, 2.24) is 9.71 Å². The van der Waals surface area contributed by atoms with Gasteiger partial charge < -0.3 is 15.2 Å². The van der Waals surface area contributed by atoms with Crippen molar-refractivity contribution < 1.29 is 35.9 Å². The summed E-state index contributed by atoms with van der Waals surface area (Å²) in [6.07, 6.45) is -1.60. The molecule has 2 aromatic rings. The molecule has 0 saturated heterocycles. The van der Waals surface area contributed by atoms with Gasteiger partial charge in [0.05, 0.1) is 22.8 Å². The third kappa shape index (κ3) is 7.72. The Balaban J connectivity index is 1.73. The number of aliphatic imine (C=N–C) groups is 1. The lowest BCUT2D eigenvalue weighted by atomic mass is 9.83. The molecule has 1 aromatic carbocycles. The normalized spacial score (nSPS) is 19.6. The number of carbonyl (C=O) groups excluding carboxylic acids is 1. The van der Waals surface area contributed by atoms with Crippen LogP contribution in [0.15, 0.2) is 50.9 Å². The van der Waals surface area contributed by atoms with Gasteiger partial charge in [-0.3, -0.25) is 9.79 Å². The molecule has 1 aliphatic carbocycles. The fourth-order valence-corrected chi connectivity index (χ4v) is 5.72. The van der Waals surface area contributed by atoms with Crippen LogP contribution in [0.1, 0.15) is 31.7 Å². The van der Waals surface area contributed by atoms with Crippen LogP contribution in [0.4, 0.5) is 13.2 Å². The standard InChI is InChI=1S/C23H26BrF3N4O5S/c1-2-35-21(32)13-29-19-4-3-5-20(17(19)11-28)31-37(33,34)16-10-18(24)22(30-12-16)36-15-8-6-14(7-9-15)23(25,26)27/h6-10,12,17,20,31H,2-5,11,13,28H2,1H3. The Morgan fingerprint density at radius 2 is 2.00 bits per heavy atom. The zero-order chi connectivity index (χ0) is 27.2. The monoisotopic (exact) mass is 606 g/mol. The molecule has 2 atom stereocenters. The molecule has 0 bridgehead atoms. The van der Waals surface area contributed by atoms with E-state index in [-0.39, 0.29) is 40.7 Å². The zero-order valence-corrected chi connectivity index (χ0v) is 22.2. The van der Waals surface area contributed by atoms with Crippen LogP contribution in [0, 0.1) is 5.92 Å². The number of pyridine rings is 1. The molecule has 1 fully saturated rings. The van der Waals surface area contributed by atoms with E-state index in [0.29, 0.717) is 25.0 Å². The average Bonchev–Trinajstić information content (AvgIpc) is 2.83. The Morgan fingerprint density at radius 3 is 2.59 bits per heavy atom. The highest BCUT2D eigenvalue weighted by Gasteiger charge is 2.33. The van der Waals surface area contributed by atoms with Gasteiger partial charge in [-0.2, -0.15) is 13.2 Å². The molecule has 0 spiro atoms. The van der Waals surface area contributed by atoms with Gasteiger partial charge in [0.25, 0.3) is 0 Å². The van der Waals surface area contributed by atoms with Crippen molar-refractivity contribution in [2.45, 2.75) is 43.3 Å². The number of halogens is 4. The van der Waals surface area contributed by atoms with Crippen molar-refractivity contribution in [3.63, 3.8) is 0 Å². The maximum Gasteiger partial charge on any atom is 0.416 e. The third-order valence-electron chi connectivity index (χ3n) is 5.63. The number of aromatic nitrogens is 1. The van der Waals surface area contributed by atoms with Crippen molar-refractivity contribution in [3.8, 4) is 11.6 Å².